The van der Waals surface area contributed by atoms with Crippen LogP contribution in [0.2, 0.25) is 0 Å². The molecule has 2 aromatic carbocycles. The molecular formula is C24H25N3O5. The Labute approximate surface area is 186 Å². The Bertz CT molecular complexity index is 1060. The highest BCUT2D eigenvalue weighted by molar-refractivity contribution is 5.87. The van der Waals surface area contributed by atoms with E-state index in [1.807, 2.05) is 42.7 Å². The maximum Gasteiger partial charge on any atom is 0.410 e. The van der Waals surface area contributed by atoms with Gasteiger partial charge in [0.1, 0.15) is 12.4 Å². The normalized spacial score (nSPS) is 15.4. The van der Waals surface area contributed by atoms with Crippen molar-refractivity contribution in [1.82, 2.24) is 9.80 Å². The zero-order valence-electron chi connectivity index (χ0n) is 17.9. The Morgan fingerprint density at radius 1 is 1.09 bits per heavy atom. The predicted molar refractivity (Wildman–Crippen MR) is 119 cm³/mol. The van der Waals surface area contributed by atoms with Gasteiger partial charge in [0.2, 0.25) is 0 Å². The van der Waals surface area contributed by atoms with Gasteiger partial charge in [-0.05, 0) is 41.0 Å². The lowest BCUT2D eigenvalue weighted by molar-refractivity contribution is 0.0696. The molecule has 1 amide bonds. The number of benzene rings is 2. The maximum atomic E-state index is 12.6. The monoisotopic (exact) mass is 435 g/mol. The number of ether oxygens (including phenoxy) is 2. The fraction of sp³-hybridized carbons (Fsp3) is 0.292. The fourth-order valence-corrected chi connectivity index (χ4v) is 3.79. The van der Waals surface area contributed by atoms with E-state index in [2.05, 4.69) is 9.89 Å². The molecule has 0 unspecified atom stereocenters. The number of carboxylic acids is 1. The summed E-state index contributed by atoms with van der Waals surface area (Å²) in [5, 5.41) is 9.04. The van der Waals surface area contributed by atoms with Crippen molar-refractivity contribution in [1.29, 1.82) is 0 Å². The predicted octanol–water partition coefficient (Wildman–Crippen LogP) is 3.53. The second-order valence-electron chi connectivity index (χ2n) is 7.78. The topological polar surface area (TPSA) is 91.7 Å². The van der Waals surface area contributed by atoms with Gasteiger partial charge in [0.25, 0.3) is 0 Å². The SMILES string of the molecule is COc1cccc(COC(=O)N2CCC3=C(CN(Cc4ccc(C(=O)O)cc4)C=N3)C2)c1. The van der Waals surface area contributed by atoms with E-state index in [9.17, 15) is 9.59 Å². The number of hydrogen-bond acceptors (Lipinski definition) is 6. The van der Waals surface area contributed by atoms with E-state index >= 15 is 0 Å². The number of aromatic carboxylic acids is 1. The Balaban J connectivity index is 1.32. The van der Waals surface area contributed by atoms with Crippen LogP contribution in [0.3, 0.4) is 0 Å². The van der Waals surface area contributed by atoms with Crippen LogP contribution in [0, 0.1) is 0 Å². The van der Waals surface area contributed by atoms with E-state index in [0.29, 0.717) is 32.6 Å². The van der Waals surface area contributed by atoms with Crippen molar-refractivity contribution < 1.29 is 24.2 Å². The molecule has 0 atom stereocenters. The third-order valence-corrected chi connectivity index (χ3v) is 5.52. The zero-order chi connectivity index (χ0) is 22.5. The van der Waals surface area contributed by atoms with Crippen molar-refractivity contribution in [2.24, 2.45) is 4.99 Å². The van der Waals surface area contributed by atoms with Crippen LogP contribution >= 0.6 is 0 Å². The van der Waals surface area contributed by atoms with Crippen LogP contribution in [0.5, 0.6) is 5.75 Å². The van der Waals surface area contributed by atoms with Crippen LogP contribution in [-0.2, 0) is 17.9 Å². The molecule has 0 saturated heterocycles. The zero-order valence-corrected chi connectivity index (χ0v) is 17.9. The van der Waals surface area contributed by atoms with Crippen LogP contribution in [0.15, 0.2) is 64.8 Å². The molecule has 4 rings (SSSR count). The van der Waals surface area contributed by atoms with E-state index in [-0.39, 0.29) is 18.3 Å². The van der Waals surface area contributed by atoms with Crippen molar-refractivity contribution in [3.8, 4) is 5.75 Å². The average Bonchev–Trinajstić information content (AvgIpc) is 2.82. The first-order valence-electron chi connectivity index (χ1n) is 10.4. The van der Waals surface area contributed by atoms with Gasteiger partial charge in [-0.15, -0.1) is 0 Å². The van der Waals surface area contributed by atoms with Crippen LogP contribution in [0.4, 0.5) is 4.79 Å². The smallest absolute Gasteiger partial charge is 0.410 e. The summed E-state index contributed by atoms with van der Waals surface area (Å²) in [4.78, 5) is 32.0. The molecule has 32 heavy (non-hydrogen) atoms. The highest BCUT2D eigenvalue weighted by Crippen LogP contribution is 2.24. The van der Waals surface area contributed by atoms with Gasteiger partial charge < -0.3 is 24.4 Å². The minimum absolute atomic E-state index is 0.190. The molecule has 166 valence electrons. The van der Waals surface area contributed by atoms with E-state index in [1.165, 1.54) is 0 Å². The number of carbonyl (C=O) groups excluding carboxylic acids is 1. The first-order valence-corrected chi connectivity index (χ1v) is 10.4. The fourth-order valence-electron chi connectivity index (χ4n) is 3.79. The van der Waals surface area contributed by atoms with Gasteiger partial charge in [-0.3, -0.25) is 0 Å². The Hall–Kier alpha value is -3.81. The summed E-state index contributed by atoms with van der Waals surface area (Å²) in [7, 11) is 1.60. The van der Waals surface area contributed by atoms with Gasteiger partial charge in [0.15, 0.2) is 0 Å². The number of carboxylic acid groups (broad SMARTS) is 1. The largest absolute Gasteiger partial charge is 0.497 e. The van der Waals surface area contributed by atoms with Crippen molar-refractivity contribution in [3.63, 3.8) is 0 Å². The molecule has 0 spiro atoms. The molecule has 1 N–H and O–H groups in total. The molecule has 0 fully saturated rings. The minimum Gasteiger partial charge on any atom is -0.497 e. The molecule has 2 aliphatic heterocycles. The lowest BCUT2D eigenvalue weighted by Crippen LogP contribution is -2.41. The first-order chi connectivity index (χ1) is 15.5. The van der Waals surface area contributed by atoms with Gasteiger partial charge in [-0.25, -0.2) is 14.6 Å². The number of rotatable bonds is 6. The van der Waals surface area contributed by atoms with Crippen LogP contribution in [0.1, 0.15) is 27.9 Å². The van der Waals surface area contributed by atoms with E-state index in [0.717, 1.165) is 28.1 Å². The van der Waals surface area contributed by atoms with Gasteiger partial charge >= 0.3 is 12.1 Å². The summed E-state index contributed by atoms with van der Waals surface area (Å²) in [5.74, 6) is -0.212. The number of nitrogens with zero attached hydrogens (tertiary/aromatic N) is 3. The van der Waals surface area contributed by atoms with Crippen molar-refractivity contribution in [2.45, 2.75) is 19.6 Å². The Morgan fingerprint density at radius 3 is 2.66 bits per heavy atom. The molecule has 2 aliphatic rings. The molecule has 0 saturated carbocycles. The molecule has 0 aromatic heterocycles. The number of hydrogen-bond donors (Lipinski definition) is 1. The van der Waals surface area contributed by atoms with Crippen molar-refractivity contribution >= 4 is 18.4 Å². The first kappa shape index (κ1) is 21.4. The number of aliphatic imine (C=N–C) groups is 1. The van der Waals surface area contributed by atoms with Gasteiger partial charge in [-0.2, -0.15) is 0 Å². The lowest BCUT2D eigenvalue weighted by atomic mass is 10.0. The third kappa shape index (κ3) is 5.08. The summed E-state index contributed by atoms with van der Waals surface area (Å²) in [6, 6.07) is 14.3. The summed E-state index contributed by atoms with van der Waals surface area (Å²) in [6.45, 7) is 2.52. The summed E-state index contributed by atoms with van der Waals surface area (Å²) in [6.07, 6.45) is 2.17. The number of carbonyl (C=O) groups is 2. The van der Waals surface area contributed by atoms with Crippen molar-refractivity contribution in [2.75, 3.05) is 26.7 Å². The van der Waals surface area contributed by atoms with E-state index < -0.39 is 5.97 Å². The third-order valence-electron chi connectivity index (χ3n) is 5.52. The maximum absolute atomic E-state index is 12.6. The molecule has 2 aromatic rings. The molecule has 8 nitrogen and oxygen atoms in total. The minimum atomic E-state index is -0.938. The Morgan fingerprint density at radius 2 is 1.91 bits per heavy atom. The van der Waals surface area contributed by atoms with E-state index in [4.69, 9.17) is 14.6 Å². The Kier molecular flexibility index (Phi) is 6.39. The lowest BCUT2D eigenvalue weighted by Gasteiger charge is -2.34. The average molecular weight is 435 g/mol. The van der Waals surface area contributed by atoms with Gasteiger partial charge in [-0.1, -0.05) is 24.3 Å². The van der Waals surface area contributed by atoms with Gasteiger partial charge in [0, 0.05) is 38.3 Å². The van der Waals surface area contributed by atoms with Crippen molar-refractivity contribution in [3.05, 3.63) is 76.5 Å². The van der Waals surface area contributed by atoms with Gasteiger partial charge in [0.05, 0.1) is 19.0 Å². The molecule has 0 aliphatic carbocycles. The second-order valence-corrected chi connectivity index (χ2v) is 7.78. The summed E-state index contributed by atoms with van der Waals surface area (Å²) < 4.78 is 10.7. The quantitative estimate of drug-likeness (QED) is 0.746. The highest BCUT2D eigenvalue weighted by Gasteiger charge is 2.26. The molecule has 8 heteroatoms. The highest BCUT2D eigenvalue weighted by atomic mass is 16.6. The number of amides is 1. The van der Waals surface area contributed by atoms with E-state index in [1.54, 1.807) is 24.1 Å². The van der Waals surface area contributed by atoms with Crippen LogP contribution < -0.4 is 4.74 Å². The standard InChI is InChI=1S/C24H25N3O5/c1-31-21-4-2-3-18(11-21)15-32-24(30)27-10-9-22-20(14-27)13-26(16-25-22)12-17-5-7-19(8-6-17)23(28)29/h2-8,11,16H,9-10,12-15H2,1H3,(H,28,29). The molecule has 0 bridgehead atoms. The molecule has 2 heterocycles. The molecular weight excluding hydrogens is 410 g/mol. The number of methoxy groups -OCH3 is 1. The van der Waals surface area contributed by atoms with Crippen LogP contribution in [0.25, 0.3) is 0 Å². The van der Waals surface area contributed by atoms with Crippen LogP contribution in [-0.4, -0.2) is 60.1 Å². The summed E-state index contributed by atoms with van der Waals surface area (Å²) >= 11 is 0. The summed E-state index contributed by atoms with van der Waals surface area (Å²) in [5.41, 5.74) is 4.26. The second kappa shape index (κ2) is 9.55. The molecule has 0 radical (unpaired) electrons.